The normalized spacial score (nSPS) is 11.0. The van der Waals surface area contributed by atoms with Crippen molar-refractivity contribution in [3.05, 3.63) is 17.0 Å². The fourth-order valence-corrected chi connectivity index (χ4v) is 2.21. The van der Waals surface area contributed by atoms with Crippen molar-refractivity contribution in [2.75, 3.05) is 13.2 Å². The second kappa shape index (κ2) is 6.92. The van der Waals surface area contributed by atoms with E-state index in [1.54, 1.807) is 0 Å². The van der Waals surface area contributed by atoms with Crippen LogP contribution in [0.4, 0.5) is 0 Å². The first-order chi connectivity index (χ1) is 7.78. The predicted octanol–water partition coefficient (Wildman–Crippen LogP) is 2.78. The molecule has 0 fully saturated rings. The van der Waals surface area contributed by atoms with E-state index in [1.165, 1.54) is 11.3 Å². The first-order valence-corrected chi connectivity index (χ1v) is 6.52. The number of rotatable bonds is 7. The summed E-state index contributed by atoms with van der Waals surface area (Å²) in [5, 5.41) is 4.59. The van der Waals surface area contributed by atoms with Crippen LogP contribution in [0.5, 0.6) is 0 Å². The topological polar surface area (TPSA) is 27.1 Å². The largest absolute Gasteiger partial charge is 0.380 e. The van der Waals surface area contributed by atoms with E-state index in [9.17, 15) is 0 Å². The second-order valence-electron chi connectivity index (χ2n) is 3.63. The van der Waals surface area contributed by atoms with Crippen molar-refractivity contribution in [1.82, 2.24) is 9.78 Å². The lowest BCUT2D eigenvalue weighted by molar-refractivity contribution is 0.135. The van der Waals surface area contributed by atoms with Crippen LogP contribution in [0.3, 0.4) is 0 Å². The summed E-state index contributed by atoms with van der Waals surface area (Å²) in [6.07, 6.45) is 1.91. The summed E-state index contributed by atoms with van der Waals surface area (Å²) in [5.41, 5.74) is 3.60. The van der Waals surface area contributed by atoms with Crippen molar-refractivity contribution in [3.63, 3.8) is 0 Å². The quantitative estimate of drug-likeness (QED) is 0.545. The van der Waals surface area contributed by atoms with E-state index in [4.69, 9.17) is 16.3 Å². The van der Waals surface area contributed by atoms with Crippen LogP contribution in [0, 0.1) is 0 Å². The molecule has 0 spiro atoms. The zero-order chi connectivity index (χ0) is 12.0. The third kappa shape index (κ3) is 2.98. The van der Waals surface area contributed by atoms with Crippen LogP contribution in [-0.4, -0.2) is 23.0 Å². The molecule has 1 rings (SSSR count). The standard InChI is InChI=1S/C12H21ClN2O/c1-4-11-10(9-13)12(5-2)15(14-11)7-8-16-6-3/h4-9H2,1-3H3. The Balaban J connectivity index is 2.85. The molecule has 0 atom stereocenters. The molecule has 0 amide bonds. The molecule has 1 aromatic heterocycles. The predicted molar refractivity (Wildman–Crippen MR) is 67.0 cm³/mol. The maximum absolute atomic E-state index is 5.98. The van der Waals surface area contributed by atoms with Crippen molar-refractivity contribution in [1.29, 1.82) is 0 Å². The maximum Gasteiger partial charge on any atom is 0.0668 e. The van der Waals surface area contributed by atoms with Gasteiger partial charge in [-0.25, -0.2) is 0 Å². The highest BCUT2D eigenvalue weighted by atomic mass is 35.5. The minimum Gasteiger partial charge on any atom is -0.380 e. The molecule has 1 heterocycles. The number of hydrogen-bond acceptors (Lipinski definition) is 2. The Hall–Kier alpha value is -0.540. The molecule has 16 heavy (non-hydrogen) atoms. The highest BCUT2D eigenvalue weighted by Crippen LogP contribution is 2.18. The van der Waals surface area contributed by atoms with Crippen LogP contribution >= 0.6 is 11.6 Å². The zero-order valence-electron chi connectivity index (χ0n) is 10.4. The molecule has 1 aromatic rings. The third-order valence-corrected chi connectivity index (χ3v) is 2.97. The number of nitrogens with zero attached hydrogens (tertiary/aromatic N) is 2. The minimum atomic E-state index is 0.557. The molecule has 0 N–H and O–H groups in total. The Morgan fingerprint density at radius 2 is 2.00 bits per heavy atom. The molecule has 0 aromatic carbocycles. The number of hydrogen-bond donors (Lipinski definition) is 0. The molecule has 0 bridgehead atoms. The van der Waals surface area contributed by atoms with Gasteiger partial charge in [0.25, 0.3) is 0 Å². The molecule has 0 radical (unpaired) electrons. The molecule has 3 nitrogen and oxygen atoms in total. The maximum atomic E-state index is 5.98. The fraction of sp³-hybridized carbons (Fsp3) is 0.750. The Kier molecular flexibility index (Phi) is 5.85. The summed E-state index contributed by atoms with van der Waals surface area (Å²) in [6, 6.07) is 0. The van der Waals surface area contributed by atoms with Gasteiger partial charge in [0.15, 0.2) is 0 Å². The van der Waals surface area contributed by atoms with Crippen LogP contribution in [-0.2, 0) is 30.0 Å². The molecule has 0 saturated heterocycles. The van der Waals surface area contributed by atoms with Gasteiger partial charge in [-0.15, -0.1) is 11.6 Å². The van der Waals surface area contributed by atoms with Gasteiger partial charge in [0, 0.05) is 17.9 Å². The van der Waals surface area contributed by atoms with Crippen molar-refractivity contribution in [3.8, 4) is 0 Å². The minimum absolute atomic E-state index is 0.557. The van der Waals surface area contributed by atoms with Crippen LogP contribution in [0.2, 0.25) is 0 Å². The van der Waals surface area contributed by atoms with Gasteiger partial charge in [0.05, 0.1) is 24.7 Å². The van der Waals surface area contributed by atoms with E-state index in [0.29, 0.717) is 5.88 Å². The Morgan fingerprint density at radius 3 is 2.50 bits per heavy atom. The smallest absolute Gasteiger partial charge is 0.0668 e. The third-order valence-electron chi connectivity index (χ3n) is 2.70. The van der Waals surface area contributed by atoms with Crippen LogP contribution in [0.15, 0.2) is 0 Å². The summed E-state index contributed by atoms with van der Waals surface area (Å²) >= 11 is 5.98. The Labute approximate surface area is 103 Å². The lowest BCUT2D eigenvalue weighted by atomic mass is 10.1. The summed E-state index contributed by atoms with van der Waals surface area (Å²) < 4.78 is 7.41. The molecule has 0 saturated carbocycles. The summed E-state index contributed by atoms with van der Waals surface area (Å²) in [7, 11) is 0. The van der Waals surface area contributed by atoms with Crippen LogP contribution < -0.4 is 0 Å². The molecule has 0 aliphatic carbocycles. The molecule has 0 unspecified atom stereocenters. The van der Waals surface area contributed by atoms with Gasteiger partial charge in [-0.05, 0) is 19.8 Å². The van der Waals surface area contributed by atoms with E-state index in [0.717, 1.165) is 38.3 Å². The first kappa shape index (κ1) is 13.5. The number of halogens is 1. The van der Waals surface area contributed by atoms with Crippen LogP contribution in [0.1, 0.15) is 37.7 Å². The highest BCUT2D eigenvalue weighted by Gasteiger charge is 2.13. The molecule has 0 aliphatic heterocycles. The Morgan fingerprint density at radius 1 is 1.25 bits per heavy atom. The SMILES string of the molecule is CCOCCn1nc(CC)c(CCl)c1CC. The highest BCUT2D eigenvalue weighted by molar-refractivity contribution is 6.17. The van der Waals surface area contributed by atoms with E-state index >= 15 is 0 Å². The molecule has 4 heteroatoms. The summed E-state index contributed by atoms with van der Waals surface area (Å²) in [6.45, 7) is 8.56. The zero-order valence-corrected chi connectivity index (χ0v) is 11.2. The van der Waals surface area contributed by atoms with Gasteiger partial charge in [-0.3, -0.25) is 4.68 Å². The van der Waals surface area contributed by atoms with Crippen molar-refractivity contribution >= 4 is 11.6 Å². The van der Waals surface area contributed by atoms with E-state index < -0.39 is 0 Å². The van der Waals surface area contributed by atoms with Gasteiger partial charge < -0.3 is 4.74 Å². The van der Waals surface area contributed by atoms with Gasteiger partial charge in [-0.1, -0.05) is 13.8 Å². The van der Waals surface area contributed by atoms with E-state index in [-0.39, 0.29) is 0 Å². The van der Waals surface area contributed by atoms with Crippen molar-refractivity contribution in [2.45, 2.75) is 46.0 Å². The monoisotopic (exact) mass is 244 g/mol. The fourth-order valence-electron chi connectivity index (χ4n) is 1.90. The number of ether oxygens (including phenoxy) is 1. The molecular weight excluding hydrogens is 224 g/mol. The molecular formula is C12H21ClN2O. The second-order valence-corrected chi connectivity index (χ2v) is 3.90. The summed E-state index contributed by atoms with van der Waals surface area (Å²) in [5.74, 6) is 0.557. The van der Waals surface area contributed by atoms with E-state index in [1.807, 2.05) is 11.6 Å². The molecule has 0 aliphatic rings. The number of alkyl halides is 1. The van der Waals surface area contributed by atoms with Gasteiger partial charge >= 0.3 is 0 Å². The summed E-state index contributed by atoms with van der Waals surface area (Å²) in [4.78, 5) is 0. The van der Waals surface area contributed by atoms with Gasteiger partial charge in [0.2, 0.25) is 0 Å². The van der Waals surface area contributed by atoms with Crippen molar-refractivity contribution < 1.29 is 4.74 Å². The Bertz CT molecular complexity index is 323. The van der Waals surface area contributed by atoms with Crippen molar-refractivity contribution in [2.24, 2.45) is 0 Å². The van der Waals surface area contributed by atoms with Gasteiger partial charge in [0.1, 0.15) is 0 Å². The number of aryl methyl sites for hydroxylation is 1. The van der Waals surface area contributed by atoms with E-state index in [2.05, 4.69) is 18.9 Å². The van der Waals surface area contributed by atoms with Gasteiger partial charge in [-0.2, -0.15) is 5.10 Å². The average Bonchev–Trinajstić information content (AvgIpc) is 2.66. The first-order valence-electron chi connectivity index (χ1n) is 5.99. The average molecular weight is 245 g/mol. The lowest BCUT2D eigenvalue weighted by Crippen LogP contribution is -2.10. The van der Waals surface area contributed by atoms with Crippen LogP contribution in [0.25, 0.3) is 0 Å². The molecule has 92 valence electrons. The number of aromatic nitrogens is 2. The lowest BCUT2D eigenvalue weighted by Gasteiger charge is -2.06.